The monoisotopic (exact) mass is 2170 g/mol. The average Bonchev–Trinajstić information content (AvgIpc) is 1.11. The molecule has 0 rings (SSSR count). The third-order valence-corrected chi connectivity index (χ3v) is 27.9. The smallest absolute Gasteiger partial charge is 0.550 e. The summed E-state index contributed by atoms with van der Waals surface area (Å²) in [4.78, 5) is 71.6. The topological polar surface area (TPSA) is 281 Å². The largest absolute Gasteiger partial charge is 7.00 e. The number of carboxylic acid groups (broad SMARTS) is 7. The van der Waals surface area contributed by atoms with Crippen molar-refractivity contribution < 1.29 is 89.7 Å². The van der Waals surface area contributed by atoms with Crippen LogP contribution in [0.15, 0.2) is 0 Å². The number of carbonyl (C=O) groups is 7. The quantitative estimate of drug-likeness (QED) is 0.0512. The summed E-state index contributed by atoms with van der Waals surface area (Å²) in [5.74, 6) is -6.32. The van der Waals surface area contributed by atoms with E-state index in [-0.39, 0.29) is 65.4 Å². The summed E-state index contributed by atoms with van der Waals surface area (Å²) < 4.78 is 0. The molecule has 0 aliphatic heterocycles. The van der Waals surface area contributed by atoms with E-state index in [0.717, 1.165) is 89.9 Å². The van der Waals surface area contributed by atoms with Gasteiger partial charge in [0, 0.05) is 41.8 Å². The van der Waals surface area contributed by atoms with E-state index in [2.05, 4.69) is 48.5 Å². The van der Waals surface area contributed by atoms with Crippen molar-refractivity contribution in [2.75, 3.05) is 0 Å². The van der Waals surface area contributed by atoms with Crippen LogP contribution in [0.1, 0.15) is 768 Å². The number of aliphatic carboxylic acids is 7. The minimum Gasteiger partial charge on any atom is -0.550 e. The van der Waals surface area contributed by atoms with E-state index in [1.807, 2.05) is 0 Å². The van der Waals surface area contributed by atoms with Gasteiger partial charge in [0.15, 0.2) is 0 Å². The zero-order valence-electron chi connectivity index (χ0n) is 95.8. The van der Waals surface area contributed by atoms with Crippen LogP contribution in [0.5, 0.6) is 0 Å². The molecule has 0 spiro atoms. The second kappa shape index (κ2) is 150. The molecule has 0 aliphatic carbocycles. The molecule has 141 heavy (non-hydrogen) atoms. The maximum absolute atomic E-state index is 10.2. The van der Waals surface area contributed by atoms with Crippen LogP contribution in [0.2, 0.25) is 0 Å². The molecule has 0 unspecified atom stereocenters. The van der Waals surface area contributed by atoms with Crippen LogP contribution in [0.4, 0.5) is 0 Å². The molecule has 0 aromatic rings. The Hall–Kier alpha value is -3.05. The van der Waals surface area contributed by atoms with Crippen molar-refractivity contribution in [2.24, 2.45) is 0 Å². The van der Waals surface area contributed by atoms with Gasteiger partial charge in [0.05, 0.1) is 0 Å². The Morgan fingerprint density at radius 2 is 0.135 bits per heavy atom. The molecule has 0 aromatic heterocycles. The average molecular weight is 2170 g/mol. The molecule has 0 N–H and O–H groups in total. The van der Waals surface area contributed by atoms with E-state index < -0.39 is 41.8 Å². The molecular weight excluding hydrogens is 1920 g/mol. The Labute approximate surface area is 893 Å². The summed E-state index contributed by atoms with van der Waals surface area (Å²) in [6.07, 6.45) is 139. The summed E-state index contributed by atoms with van der Waals surface area (Å²) in [6.45, 7) is 15.9. The normalized spacial score (nSPS) is 10.8. The van der Waals surface area contributed by atoms with Gasteiger partial charge >= 0.3 is 20.4 Å². The van der Waals surface area contributed by atoms with Crippen molar-refractivity contribution in [1.29, 1.82) is 0 Å². The first kappa shape index (κ1) is 153. The van der Waals surface area contributed by atoms with Crippen LogP contribution in [0.25, 0.3) is 0 Å². The standard InChI is InChI=1S/7C18H36O2.Re/c7*1-2-3-4-5-6-7-8-9-10-11-12-13-14-15-16-17-18(19)20;/h7*2-17H2,1H3,(H,19,20);/q;;;;;;;+7/p-7. The maximum atomic E-state index is 10.2. The Kier molecular flexibility index (Phi) is 163. The first-order chi connectivity index (χ1) is 68.4. The summed E-state index contributed by atoms with van der Waals surface area (Å²) in [5, 5.41) is 71.6. The van der Waals surface area contributed by atoms with Crippen LogP contribution < -0.4 is 35.7 Å². The number of unbranched alkanes of at least 4 members (excludes halogenated alkanes) is 98. The Morgan fingerprint density at radius 1 is 0.0922 bits per heavy atom. The summed E-state index contributed by atoms with van der Waals surface area (Å²) in [6, 6.07) is 0. The minimum absolute atomic E-state index is 0. The van der Waals surface area contributed by atoms with Crippen LogP contribution in [0.3, 0.4) is 0 Å². The molecular formula is C126H245O14Re. The van der Waals surface area contributed by atoms with Crippen LogP contribution in [0, 0.1) is 0 Å². The van der Waals surface area contributed by atoms with E-state index in [4.69, 9.17) is 0 Å². The fraction of sp³-hybridized carbons (Fsp3) is 0.944. The summed E-state index contributed by atoms with van der Waals surface area (Å²) in [5.41, 5.74) is 0. The van der Waals surface area contributed by atoms with Crippen molar-refractivity contribution >= 4 is 41.8 Å². The van der Waals surface area contributed by atoms with Gasteiger partial charge in [-0.3, -0.25) is 0 Å². The second-order valence-corrected chi connectivity index (χ2v) is 42.5. The minimum atomic E-state index is -0.903. The number of rotatable bonds is 112. The third-order valence-electron chi connectivity index (χ3n) is 27.9. The Morgan fingerprint density at radius 3 is 0.177 bits per heavy atom. The van der Waals surface area contributed by atoms with E-state index in [1.165, 1.54) is 584 Å². The van der Waals surface area contributed by atoms with Crippen LogP contribution >= 0.6 is 0 Å². The molecule has 0 radical (unpaired) electrons. The van der Waals surface area contributed by atoms with Gasteiger partial charge in [-0.05, 0) is 89.9 Å². The SMILES string of the molecule is CCCCCCCCCCCCCCCCCC(=O)[O-].CCCCCCCCCCCCCCCCCC(=O)[O-].CCCCCCCCCCCCCCCCCC(=O)[O-].CCCCCCCCCCCCCCCCCC(=O)[O-].CCCCCCCCCCCCCCCCCC(=O)[O-].CCCCCCCCCCCCCCCCCC(=O)[O-].CCCCCCCCCCCCCCCCCC(=O)[O-].[Re+7]. The molecule has 840 valence electrons. The Balaban J connectivity index is -0.000000244. The molecule has 14 nitrogen and oxygen atoms in total. The first-order valence-electron chi connectivity index (χ1n) is 62.8. The summed E-state index contributed by atoms with van der Waals surface area (Å²) >= 11 is 0. The number of carboxylic acids is 7. The molecule has 0 atom stereocenters. The molecule has 0 aliphatic rings. The molecule has 15 heteroatoms. The van der Waals surface area contributed by atoms with E-state index in [0.29, 0.717) is 0 Å². The van der Waals surface area contributed by atoms with Gasteiger partial charge in [-0.2, -0.15) is 0 Å². The van der Waals surface area contributed by atoms with Gasteiger partial charge < -0.3 is 69.3 Å². The molecule has 0 heterocycles. The Bertz CT molecular complexity index is 1850. The molecule has 0 fully saturated rings. The molecule has 0 aromatic carbocycles. The zero-order chi connectivity index (χ0) is 104. The maximum Gasteiger partial charge on any atom is 7.00 e. The number of hydrogen-bond acceptors (Lipinski definition) is 14. The first-order valence-corrected chi connectivity index (χ1v) is 62.8. The van der Waals surface area contributed by atoms with E-state index in [9.17, 15) is 69.3 Å². The number of carbonyl (C=O) groups excluding carboxylic acids is 7. The fourth-order valence-corrected chi connectivity index (χ4v) is 18.5. The van der Waals surface area contributed by atoms with Gasteiger partial charge in [-0.15, -0.1) is 0 Å². The predicted octanol–water partition coefficient (Wildman–Crippen LogP) is 35.0. The number of hydrogen-bond donors (Lipinski definition) is 0. The van der Waals surface area contributed by atoms with E-state index in [1.54, 1.807) is 0 Å². The predicted molar refractivity (Wildman–Crippen MR) is 592 cm³/mol. The van der Waals surface area contributed by atoms with Gasteiger partial charge in [0.1, 0.15) is 0 Å². The summed E-state index contributed by atoms with van der Waals surface area (Å²) in [7, 11) is 0. The van der Waals surface area contributed by atoms with Crippen LogP contribution in [-0.2, 0) is 54.0 Å². The zero-order valence-corrected chi connectivity index (χ0v) is 98.5. The molecule has 0 saturated heterocycles. The van der Waals surface area contributed by atoms with Crippen molar-refractivity contribution in [2.45, 2.75) is 768 Å². The van der Waals surface area contributed by atoms with Gasteiger partial charge in [0.25, 0.3) is 0 Å². The van der Waals surface area contributed by atoms with Crippen LogP contribution in [-0.4, -0.2) is 41.8 Å². The van der Waals surface area contributed by atoms with E-state index >= 15 is 0 Å². The molecule has 0 amide bonds. The van der Waals surface area contributed by atoms with Crippen molar-refractivity contribution in [3.8, 4) is 0 Å². The van der Waals surface area contributed by atoms with Crippen molar-refractivity contribution in [3.05, 3.63) is 0 Å². The van der Waals surface area contributed by atoms with Gasteiger partial charge in [-0.1, -0.05) is 678 Å². The van der Waals surface area contributed by atoms with Gasteiger partial charge in [-0.25, -0.2) is 0 Å². The molecule has 0 saturated carbocycles. The van der Waals surface area contributed by atoms with Crippen molar-refractivity contribution in [1.82, 2.24) is 0 Å². The van der Waals surface area contributed by atoms with Gasteiger partial charge in [0.2, 0.25) is 0 Å². The third kappa shape index (κ3) is 186. The fourth-order valence-electron chi connectivity index (χ4n) is 18.5. The second-order valence-electron chi connectivity index (χ2n) is 42.5. The molecule has 0 bridgehead atoms. The van der Waals surface area contributed by atoms with Crippen molar-refractivity contribution in [3.63, 3.8) is 0 Å².